The molecule has 7 rings (SSSR count). The molecular formula is C44H55N5O10. The Morgan fingerprint density at radius 3 is 2.39 bits per heavy atom. The molecule has 2 N–H and O–H groups in total. The van der Waals surface area contributed by atoms with E-state index < -0.39 is 0 Å². The van der Waals surface area contributed by atoms with Crippen molar-refractivity contribution in [2.75, 3.05) is 65.8 Å². The molecule has 0 aliphatic carbocycles. The first-order valence-corrected chi connectivity index (χ1v) is 20.7. The second-order valence-corrected chi connectivity index (χ2v) is 15.6. The molecule has 4 aromatic rings. The van der Waals surface area contributed by atoms with Gasteiger partial charge in [0.15, 0.2) is 5.78 Å². The summed E-state index contributed by atoms with van der Waals surface area (Å²) in [6, 6.07) is 22.4. The van der Waals surface area contributed by atoms with Gasteiger partial charge in [0, 0.05) is 80.0 Å². The number of ether oxygens (including phenoxy) is 4. The van der Waals surface area contributed by atoms with Gasteiger partial charge in [0.2, 0.25) is 5.52 Å². The lowest BCUT2D eigenvalue weighted by Gasteiger charge is -2.43. The van der Waals surface area contributed by atoms with E-state index in [2.05, 4.69) is 46.7 Å². The number of benzene rings is 3. The summed E-state index contributed by atoms with van der Waals surface area (Å²) in [6.45, 7) is 5.04. The predicted octanol–water partition coefficient (Wildman–Crippen LogP) is 4.95. The molecule has 3 aliphatic rings. The number of hydrogen-bond acceptors (Lipinski definition) is 12. The molecule has 2 amide bonds. The first-order chi connectivity index (χ1) is 28.5. The van der Waals surface area contributed by atoms with Gasteiger partial charge in [-0.25, -0.2) is 9.42 Å². The van der Waals surface area contributed by atoms with Gasteiger partial charge >= 0.3 is 6.03 Å². The van der Waals surface area contributed by atoms with Crippen molar-refractivity contribution < 1.29 is 48.6 Å². The lowest BCUT2D eigenvalue weighted by atomic mass is 9.76. The smallest absolute Gasteiger partial charge is 0.320 e. The van der Waals surface area contributed by atoms with Crippen LogP contribution in [0.5, 0.6) is 5.75 Å². The number of amides is 2. The number of carbonyl (C=O) groups is 3. The summed E-state index contributed by atoms with van der Waals surface area (Å²) in [5.74, 6) is 1.67. The van der Waals surface area contributed by atoms with Crippen molar-refractivity contribution in [2.45, 2.75) is 69.8 Å². The molecule has 3 fully saturated rings. The second-order valence-electron chi connectivity index (χ2n) is 15.6. The van der Waals surface area contributed by atoms with Crippen molar-refractivity contribution >= 4 is 34.3 Å². The van der Waals surface area contributed by atoms with Crippen LogP contribution < -0.4 is 9.91 Å². The highest BCUT2D eigenvalue weighted by Gasteiger charge is 2.39. The minimum Gasteiger partial charge on any atom is -0.870 e. The highest BCUT2D eigenvalue weighted by atomic mass is 16.6. The molecule has 1 aromatic heterocycles. The summed E-state index contributed by atoms with van der Waals surface area (Å²) < 4.78 is 28.0. The Kier molecular flexibility index (Phi) is 16.1. The third kappa shape index (κ3) is 11.6. The lowest BCUT2D eigenvalue weighted by molar-refractivity contribution is -0.377. The zero-order chi connectivity index (χ0) is 40.1. The fraction of sp³-hybridized carbons (Fsp3) is 0.523. The Bertz CT molecular complexity index is 1980. The maximum Gasteiger partial charge on any atom is 0.320 e. The number of ketones is 2. The van der Waals surface area contributed by atoms with E-state index in [1.807, 2.05) is 39.2 Å². The number of fused-ring (bicyclic) bond motifs is 2. The standard InChI is InChI=1S/C44H53N5O9.H2O/c50-36(18-24-55-26-25-54-22-5-10-33-13-14-39(45-53)43-42(33)46-58-47-43)11-6-23-56-38-12-4-9-34(28-38)41(31-7-2-1-3-8-31)32-15-19-48(20-16-32)44(52)49-21-17-40-35(29-49)27-37(51)30-57-40;/h1-4,7-9,12-14,28,32,35,40-41H,5-6,10-11,15-27,29-30H2;1H2/t35-,40+,41-;/m1./s1. The van der Waals surface area contributed by atoms with Gasteiger partial charge in [0.25, 0.3) is 5.69 Å². The fourth-order valence-corrected chi connectivity index (χ4v) is 8.63. The van der Waals surface area contributed by atoms with Crippen LogP contribution in [-0.2, 0) is 30.2 Å². The van der Waals surface area contributed by atoms with Crippen molar-refractivity contribution in [3.8, 4) is 5.75 Å². The number of nitroso groups, excluding NO2 is 1. The van der Waals surface area contributed by atoms with E-state index in [1.165, 1.54) is 11.1 Å². The monoisotopic (exact) mass is 813 g/mol. The maximum atomic E-state index is 13.6. The first-order valence-electron chi connectivity index (χ1n) is 20.7. The normalized spacial score (nSPS) is 18.9. The maximum absolute atomic E-state index is 13.6. The first kappa shape index (κ1) is 43.5. The number of Topliss-reactive ketones (excluding diaryl/α,β-unsaturated/α-hetero) is 2. The Hall–Kier alpha value is -5.09. The number of likely N-dealkylation sites (tertiary alicyclic amines) is 2. The van der Waals surface area contributed by atoms with E-state index in [4.69, 9.17) is 23.6 Å². The van der Waals surface area contributed by atoms with Crippen LogP contribution in [0.1, 0.15) is 74.0 Å². The fourth-order valence-electron chi connectivity index (χ4n) is 8.63. The number of aryl methyl sites for hydroxylation is 1. The molecule has 0 saturated carbocycles. The summed E-state index contributed by atoms with van der Waals surface area (Å²) in [7, 11) is 0. The van der Waals surface area contributed by atoms with Gasteiger partial charge in [-0.15, -0.1) is 0 Å². The number of carbonyl (C=O) groups excluding carboxylic acids is 3. The van der Waals surface area contributed by atoms with E-state index >= 15 is 0 Å². The van der Waals surface area contributed by atoms with Crippen LogP contribution in [0.3, 0.4) is 0 Å². The molecule has 3 aromatic carbocycles. The molecular weight excluding hydrogens is 759 g/mol. The topological polar surface area (TPSA) is 195 Å². The number of aromatic nitrogens is 2. The summed E-state index contributed by atoms with van der Waals surface area (Å²) in [5, 5.41) is 9.55. The quantitative estimate of drug-likeness (QED) is 0.125. The lowest BCUT2D eigenvalue weighted by Crippen LogP contribution is -2.55. The van der Waals surface area contributed by atoms with Gasteiger partial charge in [0.1, 0.15) is 23.7 Å². The highest BCUT2D eigenvalue weighted by molar-refractivity contribution is 5.85. The highest BCUT2D eigenvalue weighted by Crippen LogP contribution is 2.39. The van der Waals surface area contributed by atoms with Crippen molar-refractivity contribution in [3.63, 3.8) is 0 Å². The summed E-state index contributed by atoms with van der Waals surface area (Å²) >= 11 is 0. The van der Waals surface area contributed by atoms with Crippen LogP contribution in [0, 0.1) is 16.7 Å². The second kappa shape index (κ2) is 21.8. The third-order valence-electron chi connectivity index (χ3n) is 11.7. The van der Waals surface area contributed by atoms with Gasteiger partial charge in [-0.05, 0) is 89.6 Å². The molecule has 0 unspecified atom stereocenters. The molecule has 0 radical (unpaired) electrons. The van der Waals surface area contributed by atoms with E-state index in [-0.39, 0.29) is 47.6 Å². The molecule has 3 aliphatic heterocycles. The summed E-state index contributed by atoms with van der Waals surface area (Å²) in [5.41, 5.74) is 4.70. The van der Waals surface area contributed by atoms with E-state index in [0.29, 0.717) is 114 Å². The summed E-state index contributed by atoms with van der Waals surface area (Å²) in [6.07, 6.45) is 6.02. The van der Waals surface area contributed by atoms with Crippen LogP contribution in [0.2, 0.25) is 0 Å². The van der Waals surface area contributed by atoms with Crippen LogP contribution in [-0.4, -0.2) is 115 Å². The van der Waals surface area contributed by atoms with Crippen molar-refractivity contribution in [1.82, 2.24) is 20.1 Å². The van der Waals surface area contributed by atoms with E-state index in [9.17, 15) is 19.3 Å². The predicted molar refractivity (Wildman–Crippen MR) is 216 cm³/mol. The van der Waals surface area contributed by atoms with Crippen molar-refractivity contribution in [3.05, 3.63) is 88.3 Å². The average molecular weight is 814 g/mol. The molecule has 59 heavy (non-hydrogen) atoms. The minimum absolute atomic E-state index is 0. The van der Waals surface area contributed by atoms with E-state index in [0.717, 1.165) is 37.0 Å². The number of nitrogens with zero attached hydrogens (tertiary/aromatic N) is 4. The molecule has 3 saturated heterocycles. The van der Waals surface area contributed by atoms with E-state index in [1.54, 1.807) is 6.07 Å². The minimum atomic E-state index is 0. The molecule has 0 bridgehead atoms. The zero-order valence-corrected chi connectivity index (χ0v) is 33.5. The number of rotatable bonds is 19. The molecule has 15 nitrogen and oxygen atoms in total. The number of piperidine rings is 2. The van der Waals surface area contributed by atoms with Crippen LogP contribution in [0.4, 0.5) is 10.5 Å². The van der Waals surface area contributed by atoms with Gasteiger partial charge < -0.3 is 34.2 Å². The molecule has 4 heterocycles. The average Bonchev–Trinajstić information content (AvgIpc) is 3.76. The van der Waals surface area contributed by atoms with Crippen LogP contribution in [0.15, 0.2) is 71.4 Å². The number of hydrogen-bond donors (Lipinski definition) is 1. The zero-order valence-electron chi connectivity index (χ0n) is 33.5. The Morgan fingerprint density at radius 2 is 1.58 bits per heavy atom. The largest absolute Gasteiger partial charge is 0.870 e. The number of nitrogens with one attached hydrogen (secondary N) is 1. The Balaban J connectivity index is 0.00000585. The van der Waals surface area contributed by atoms with Gasteiger partial charge in [-0.3, -0.25) is 9.59 Å². The SMILES string of the molecule is O=[NH+]c1ccc(CCCOCCOCCC(=O)CCCOc2cccc([C@H](c3ccccc3)C3CCN(C(=O)N4CC[C@@H]5OCC(=O)C[C@@H]5C4)CC3)c2)c2nonc12.[OH-]. The van der Waals surface area contributed by atoms with Gasteiger partial charge in [0.05, 0.1) is 32.5 Å². The Morgan fingerprint density at radius 1 is 0.814 bits per heavy atom. The molecule has 3 atom stereocenters. The van der Waals surface area contributed by atoms with Crippen molar-refractivity contribution in [2.24, 2.45) is 11.8 Å². The molecule has 0 spiro atoms. The third-order valence-corrected chi connectivity index (χ3v) is 11.7. The molecule has 316 valence electrons. The van der Waals surface area contributed by atoms with Gasteiger partial charge in [-0.1, -0.05) is 42.5 Å². The molecule has 15 heteroatoms. The Labute approximate surface area is 343 Å². The van der Waals surface area contributed by atoms with Crippen molar-refractivity contribution in [1.29, 1.82) is 0 Å². The van der Waals surface area contributed by atoms with Crippen LogP contribution >= 0.6 is 0 Å². The van der Waals surface area contributed by atoms with Gasteiger partial charge in [-0.2, -0.15) is 0 Å². The number of urea groups is 1. The summed E-state index contributed by atoms with van der Waals surface area (Å²) in [4.78, 5) is 53.1. The van der Waals surface area contributed by atoms with Crippen LogP contribution in [0.25, 0.3) is 11.0 Å².